The van der Waals surface area contributed by atoms with Crippen LogP contribution in [-0.2, 0) is 24.4 Å². The molecule has 180 valence electrons. The smallest absolute Gasteiger partial charge is 0.383 e. The zero-order chi connectivity index (χ0) is 24.6. The second-order valence-corrected chi connectivity index (χ2v) is 8.84. The van der Waals surface area contributed by atoms with Gasteiger partial charge in [-0.3, -0.25) is 9.48 Å². The number of hydrogen-bond acceptors (Lipinski definition) is 5. The quantitative estimate of drug-likeness (QED) is 0.412. The monoisotopic (exact) mass is 485 g/mol. The number of hydrogen-bond donors (Lipinski definition) is 1. The molecule has 2 aliphatic rings. The Balaban J connectivity index is 1.44. The molecule has 1 saturated heterocycles. The highest BCUT2D eigenvalue weighted by atomic mass is 19.4. The van der Waals surface area contributed by atoms with Gasteiger partial charge in [-0.2, -0.15) is 18.3 Å². The first-order valence-corrected chi connectivity index (χ1v) is 11.0. The highest BCUT2D eigenvalue weighted by Gasteiger charge is 2.44. The van der Waals surface area contributed by atoms with Gasteiger partial charge in [0.25, 0.3) is 5.91 Å². The molecule has 35 heavy (non-hydrogen) atoms. The molecule has 6 rings (SSSR count). The number of amides is 1. The van der Waals surface area contributed by atoms with Crippen molar-refractivity contribution in [2.24, 2.45) is 7.05 Å². The number of aromatic nitrogens is 3. The maximum absolute atomic E-state index is 15.2. The average Bonchev–Trinajstić information content (AvgIpc) is 3.38. The number of aryl methyl sites for hydroxylation is 1. The van der Waals surface area contributed by atoms with Crippen LogP contribution >= 0.6 is 0 Å². The van der Waals surface area contributed by atoms with Gasteiger partial charge in [0.05, 0.1) is 52.5 Å². The number of nitrogens with two attached hydrogens (primary N) is 1. The van der Waals surface area contributed by atoms with Crippen molar-refractivity contribution in [1.29, 1.82) is 0 Å². The number of fused-ring (bicyclic) bond motifs is 6. The van der Waals surface area contributed by atoms with Crippen molar-refractivity contribution < 1.29 is 27.1 Å². The molecular formula is C24H19F4N5O2. The van der Waals surface area contributed by atoms with E-state index in [0.29, 0.717) is 32.9 Å². The van der Waals surface area contributed by atoms with Crippen molar-refractivity contribution in [2.45, 2.75) is 24.7 Å². The third-order valence-corrected chi connectivity index (χ3v) is 6.85. The van der Waals surface area contributed by atoms with Gasteiger partial charge in [0.1, 0.15) is 11.6 Å². The van der Waals surface area contributed by atoms with Gasteiger partial charge in [0, 0.05) is 31.5 Å². The number of alkyl halides is 3. The summed E-state index contributed by atoms with van der Waals surface area (Å²) in [5.41, 5.74) is 7.05. The third kappa shape index (κ3) is 3.25. The Labute approximate surface area is 196 Å². The van der Waals surface area contributed by atoms with Crippen LogP contribution in [0.2, 0.25) is 0 Å². The number of morpholine rings is 1. The second-order valence-electron chi connectivity index (χ2n) is 8.84. The molecule has 1 aliphatic heterocycles. The van der Waals surface area contributed by atoms with Crippen molar-refractivity contribution in [1.82, 2.24) is 19.7 Å². The Morgan fingerprint density at radius 3 is 2.77 bits per heavy atom. The molecule has 2 aromatic heterocycles. The fourth-order valence-electron chi connectivity index (χ4n) is 5.26. The van der Waals surface area contributed by atoms with E-state index in [1.54, 1.807) is 17.9 Å². The summed E-state index contributed by atoms with van der Waals surface area (Å²) in [4.78, 5) is 19.4. The van der Waals surface area contributed by atoms with Crippen molar-refractivity contribution in [3.8, 4) is 0 Å². The predicted octanol–water partition coefficient (Wildman–Crippen LogP) is 4.00. The van der Waals surface area contributed by atoms with Gasteiger partial charge < -0.3 is 15.4 Å². The van der Waals surface area contributed by atoms with Gasteiger partial charge in [-0.1, -0.05) is 6.07 Å². The van der Waals surface area contributed by atoms with E-state index >= 15 is 4.39 Å². The first kappa shape index (κ1) is 21.8. The Bertz CT molecular complexity index is 1530. The van der Waals surface area contributed by atoms with Crippen molar-refractivity contribution in [3.05, 3.63) is 64.6 Å². The van der Waals surface area contributed by atoms with Gasteiger partial charge >= 0.3 is 6.18 Å². The van der Waals surface area contributed by atoms with Crippen LogP contribution in [0.25, 0.3) is 21.8 Å². The number of ether oxygens (including phenoxy) is 1. The number of rotatable bonds is 1. The molecule has 1 aliphatic carbocycles. The number of carbonyl (C=O) groups is 1. The van der Waals surface area contributed by atoms with Crippen LogP contribution in [0.15, 0.2) is 36.5 Å². The molecule has 0 radical (unpaired) electrons. The molecule has 11 heteroatoms. The molecule has 1 fully saturated rings. The largest absolute Gasteiger partial charge is 0.416 e. The molecule has 2 aromatic carbocycles. The first-order valence-electron chi connectivity index (χ1n) is 11.0. The number of pyridine rings is 1. The third-order valence-electron chi connectivity index (χ3n) is 6.85. The molecule has 0 spiro atoms. The lowest BCUT2D eigenvalue weighted by atomic mass is 10.0. The molecule has 7 nitrogen and oxygen atoms in total. The van der Waals surface area contributed by atoms with E-state index in [-0.39, 0.29) is 31.0 Å². The Morgan fingerprint density at radius 1 is 1.20 bits per heavy atom. The van der Waals surface area contributed by atoms with Crippen LogP contribution in [0.1, 0.15) is 33.1 Å². The summed E-state index contributed by atoms with van der Waals surface area (Å²) in [6.07, 6.45) is -3.17. The van der Waals surface area contributed by atoms with Crippen LogP contribution < -0.4 is 5.73 Å². The zero-order valence-corrected chi connectivity index (χ0v) is 18.4. The Hall–Kier alpha value is -3.73. The molecule has 1 amide bonds. The highest BCUT2D eigenvalue weighted by molar-refractivity contribution is 6.10. The van der Waals surface area contributed by atoms with Crippen LogP contribution in [0.5, 0.6) is 0 Å². The van der Waals surface area contributed by atoms with Crippen molar-refractivity contribution >= 4 is 33.5 Å². The van der Waals surface area contributed by atoms with E-state index in [9.17, 15) is 18.0 Å². The summed E-state index contributed by atoms with van der Waals surface area (Å²) >= 11 is 0. The van der Waals surface area contributed by atoms with Crippen molar-refractivity contribution in [3.63, 3.8) is 0 Å². The predicted molar refractivity (Wildman–Crippen MR) is 119 cm³/mol. The molecular weight excluding hydrogens is 466 g/mol. The number of carbonyl (C=O) groups excluding carboxylic acids is 1. The van der Waals surface area contributed by atoms with Crippen LogP contribution in [0.4, 0.5) is 23.4 Å². The summed E-state index contributed by atoms with van der Waals surface area (Å²) in [6, 6.07) is 5.50. The molecule has 2 N–H and O–H groups in total. The van der Waals surface area contributed by atoms with Crippen LogP contribution in [0.3, 0.4) is 0 Å². The average molecular weight is 485 g/mol. The van der Waals surface area contributed by atoms with Crippen LogP contribution in [0, 0.1) is 5.82 Å². The van der Waals surface area contributed by atoms with E-state index in [4.69, 9.17) is 10.5 Å². The summed E-state index contributed by atoms with van der Waals surface area (Å²) in [7, 11) is 1.71. The Morgan fingerprint density at radius 2 is 2.00 bits per heavy atom. The summed E-state index contributed by atoms with van der Waals surface area (Å²) in [5, 5.41) is 5.30. The standard InChI is InChI=1S/C24H19F4N5O2/c1-32-20-15-8-14(17(25)9-18(15)31-22(29)16(20)10-30-32)23(34)33-4-5-35-19-7-11-6-12(24(26,27)28)2-3-13(11)21(19)33/h2-3,6,8-10,19,21H,4-5,7H2,1H3,(H2,29,31)/t19?,21-/m0/s1. The summed E-state index contributed by atoms with van der Waals surface area (Å²) in [6.45, 7) is 0.380. The van der Waals surface area contributed by atoms with Gasteiger partial charge in [-0.05, 0) is 29.3 Å². The second kappa shape index (κ2) is 7.38. The maximum atomic E-state index is 15.2. The number of benzene rings is 2. The number of anilines is 1. The molecule has 1 unspecified atom stereocenters. The number of nitrogen functional groups attached to an aromatic ring is 1. The van der Waals surface area contributed by atoms with Gasteiger partial charge in [-0.25, -0.2) is 9.37 Å². The summed E-state index contributed by atoms with van der Waals surface area (Å²) < 4.78 is 62.2. The lowest BCUT2D eigenvalue weighted by molar-refractivity contribution is -0.137. The van der Waals surface area contributed by atoms with Crippen LogP contribution in [-0.4, -0.2) is 44.8 Å². The van der Waals surface area contributed by atoms with Gasteiger partial charge in [0.2, 0.25) is 0 Å². The maximum Gasteiger partial charge on any atom is 0.416 e. The Kier molecular flexibility index (Phi) is 4.59. The molecule has 0 bridgehead atoms. The fraction of sp³-hybridized carbons (Fsp3) is 0.292. The molecule has 2 atom stereocenters. The number of halogens is 4. The molecule has 4 aromatic rings. The fourth-order valence-corrected chi connectivity index (χ4v) is 5.26. The topological polar surface area (TPSA) is 86.3 Å². The van der Waals surface area contributed by atoms with E-state index in [1.165, 1.54) is 23.1 Å². The molecule has 0 saturated carbocycles. The zero-order valence-electron chi connectivity index (χ0n) is 18.4. The van der Waals surface area contributed by atoms with Gasteiger partial charge in [-0.15, -0.1) is 0 Å². The van der Waals surface area contributed by atoms with Gasteiger partial charge in [0.15, 0.2) is 0 Å². The molecule has 3 heterocycles. The number of nitrogens with zero attached hydrogens (tertiary/aromatic N) is 4. The minimum absolute atomic E-state index is 0.160. The van der Waals surface area contributed by atoms with E-state index in [2.05, 4.69) is 10.1 Å². The lowest BCUT2D eigenvalue weighted by Crippen LogP contribution is -2.46. The summed E-state index contributed by atoms with van der Waals surface area (Å²) in [5.74, 6) is -1.12. The highest BCUT2D eigenvalue weighted by Crippen LogP contribution is 2.43. The lowest BCUT2D eigenvalue weighted by Gasteiger charge is -2.38. The van der Waals surface area contributed by atoms with E-state index in [0.717, 1.165) is 12.1 Å². The van der Waals surface area contributed by atoms with E-state index < -0.39 is 35.6 Å². The minimum atomic E-state index is -4.47. The normalized spacial score (nSPS) is 19.9. The SMILES string of the molecule is Cn1ncc2c(N)nc3cc(F)c(C(=O)N4CCOC5Cc6cc(C(F)(F)F)ccc6[C@@H]54)cc3c21. The van der Waals surface area contributed by atoms with Crippen molar-refractivity contribution in [2.75, 3.05) is 18.9 Å². The first-order chi connectivity index (χ1) is 16.6. The minimum Gasteiger partial charge on any atom is -0.383 e. The van der Waals surface area contributed by atoms with E-state index in [1.807, 2.05) is 0 Å².